The van der Waals surface area contributed by atoms with Gasteiger partial charge in [-0.2, -0.15) is 0 Å². The second-order valence-electron chi connectivity index (χ2n) is 4.11. The normalized spacial score (nSPS) is 12.2. The Morgan fingerprint density at radius 3 is 2.16 bits per heavy atom. The van der Waals surface area contributed by atoms with Gasteiger partial charge in [-0.25, -0.2) is 0 Å². The molecule has 19 heavy (non-hydrogen) atoms. The molecule has 2 aromatic rings. The highest BCUT2D eigenvalue weighted by molar-refractivity contribution is 6.36. The molecular formula is C14H13Cl3N2. The minimum atomic E-state index is -0.0315. The monoisotopic (exact) mass is 314 g/mol. The Balaban J connectivity index is 2.21. The van der Waals surface area contributed by atoms with Crippen molar-refractivity contribution in [3.63, 3.8) is 0 Å². The first-order valence-corrected chi connectivity index (χ1v) is 6.90. The molecule has 0 heterocycles. The van der Waals surface area contributed by atoms with E-state index in [0.29, 0.717) is 21.6 Å². The average molecular weight is 316 g/mol. The molecule has 0 unspecified atom stereocenters. The van der Waals surface area contributed by atoms with Crippen LogP contribution in [0.25, 0.3) is 0 Å². The number of halogens is 3. The molecule has 3 N–H and O–H groups in total. The van der Waals surface area contributed by atoms with Gasteiger partial charge < -0.3 is 11.1 Å². The fourth-order valence-electron chi connectivity index (χ4n) is 1.77. The summed E-state index contributed by atoms with van der Waals surface area (Å²) >= 11 is 17.9. The van der Waals surface area contributed by atoms with Gasteiger partial charge in [-0.1, -0.05) is 46.9 Å². The summed E-state index contributed by atoms with van der Waals surface area (Å²) < 4.78 is 0. The number of nitrogens with one attached hydrogen (secondary N) is 1. The summed E-state index contributed by atoms with van der Waals surface area (Å²) in [5.74, 6) is 0. The quantitative estimate of drug-likeness (QED) is 0.853. The van der Waals surface area contributed by atoms with E-state index in [4.69, 9.17) is 40.5 Å². The number of rotatable bonds is 4. The lowest BCUT2D eigenvalue weighted by Crippen LogP contribution is -2.20. The van der Waals surface area contributed by atoms with Gasteiger partial charge in [0.15, 0.2) is 0 Å². The SMILES string of the molecule is NC[C@H](Nc1ccc(Cl)cc1Cl)c1ccc(Cl)cc1. The van der Waals surface area contributed by atoms with Gasteiger partial charge >= 0.3 is 0 Å². The lowest BCUT2D eigenvalue weighted by molar-refractivity contribution is 0.790. The smallest absolute Gasteiger partial charge is 0.0652 e. The van der Waals surface area contributed by atoms with E-state index < -0.39 is 0 Å². The van der Waals surface area contributed by atoms with Crippen LogP contribution in [0.2, 0.25) is 15.1 Å². The molecule has 1 atom stereocenters. The first-order valence-electron chi connectivity index (χ1n) is 5.77. The third-order valence-electron chi connectivity index (χ3n) is 2.77. The summed E-state index contributed by atoms with van der Waals surface area (Å²) in [7, 11) is 0. The topological polar surface area (TPSA) is 38.0 Å². The number of hydrogen-bond acceptors (Lipinski definition) is 2. The molecule has 0 bridgehead atoms. The minimum absolute atomic E-state index is 0.0315. The molecule has 0 saturated carbocycles. The van der Waals surface area contributed by atoms with Crippen LogP contribution < -0.4 is 11.1 Å². The molecule has 2 nitrogen and oxygen atoms in total. The van der Waals surface area contributed by atoms with Crippen molar-refractivity contribution in [1.29, 1.82) is 0 Å². The van der Waals surface area contributed by atoms with Crippen molar-refractivity contribution in [2.45, 2.75) is 6.04 Å². The van der Waals surface area contributed by atoms with E-state index in [1.54, 1.807) is 12.1 Å². The van der Waals surface area contributed by atoms with Crippen LogP contribution in [0.15, 0.2) is 42.5 Å². The standard InChI is InChI=1S/C14H13Cl3N2/c15-10-3-1-9(2-4-10)14(8-18)19-13-6-5-11(16)7-12(13)17/h1-7,14,19H,8,18H2/t14-/m0/s1. The van der Waals surface area contributed by atoms with Crippen LogP contribution in [0.5, 0.6) is 0 Å². The maximum absolute atomic E-state index is 6.13. The fourth-order valence-corrected chi connectivity index (χ4v) is 2.36. The van der Waals surface area contributed by atoms with Gasteiger partial charge in [-0.3, -0.25) is 0 Å². The van der Waals surface area contributed by atoms with Gasteiger partial charge in [-0.15, -0.1) is 0 Å². The Hall–Kier alpha value is -0.930. The van der Waals surface area contributed by atoms with E-state index in [-0.39, 0.29) is 6.04 Å². The van der Waals surface area contributed by atoms with Crippen LogP contribution in [0.3, 0.4) is 0 Å². The van der Waals surface area contributed by atoms with Gasteiger partial charge in [0.2, 0.25) is 0 Å². The van der Waals surface area contributed by atoms with E-state index in [0.717, 1.165) is 11.3 Å². The Morgan fingerprint density at radius 1 is 0.947 bits per heavy atom. The molecule has 0 fully saturated rings. The Morgan fingerprint density at radius 2 is 1.58 bits per heavy atom. The lowest BCUT2D eigenvalue weighted by Gasteiger charge is -2.19. The van der Waals surface area contributed by atoms with Crippen molar-refractivity contribution in [3.8, 4) is 0 Å². The van der Waals surface area contributed by atoms with Gasteiger partial charge in [0.1, 0.15) is 0 Å². The second kappa shape index (κ2) is 6.49. The zero-order valence-corrected chi connectivity index (χ0v) is 12.3. The molecule has 0 aliphatic rings. The van der Waals surface area contributed by atoms with Crippen LogP contribution in [-0.4, -0.2) is 6.54 Å². The largest absolute Gasteiger partial charge is 0.376 e. The second-order valence-corrected chi connectivity index (χ2v) is 5.39. The third kappa shape index (κ3) is 3.77. The summed E-state index contributed by atoms with van der Waals surface area (Å²) in [6.07, 6.45) is 0. The van der Waals surface area contributed by atoms with Crippen molar-refractivity contribution in [1.82, 2.24) is 0 Å². The molecule has 2 aromatic carbocycles. The third-order valence-corrected chi connectivity index (χ3v) is 3.57. The van der Waals surface area contributed by atoms with Crippen molar-refractivity contribution >= 4 is 40.5 Å². The summed E-state index contributed by atoms with van der Waals surface area (Å²) in [4.78, 5) is 0. The maximum atomic E-state index is 6.13. The molecule has 2 rings (SSSR count). The summed E-state index contributed by atoms with van der Waals surface area (Å²) in [6.45, 7) is 0.445. The summed E-state index contributed by atoms with van der Waals surface area (Å²) in [6, 6.07) is 12.8. The maximum Gasteiger partial charge on any atom is 0.0652 e. The molecule has 0 aliphatic carbocycles. The predicted molar refractivity (Wildman–Crippen MR) is 83.3 cm³/mol. The van der Waals surface area contributed by atoms with Crippen LogP contribution in [0.4, 0.5) is 5.69 Å². The highest BCUT2D eigenvalue weighted by Gasteiger charge is 2.11. The molecular weight excluding hydrogens is 303 g/mol. The van der Waals surface area contributed by atoms with Crippen LogP contribution in [0, 0.1) is 0 Å². The summed E-state index contributed by atoms with van der Waals surface area (Å²) in [5.41, 5.74) is 7.66. The molecule has 100 valence electrons. The van der Waals surface area contributed by atoms with Gasteiger partial charge in [0.25, 0.3) is 0 Å². The molecule has 0 spiro atoms. The zero-order chi connectivity index (χ0) is 13.8. The molecule has 0 aliphatic heterocycles. The van der Waals surface area contributed by atoms with Crippen molar-refractivity contribution in [3.05, 3.63) is 63.1 Å². The Bertz CT molecular complexity index is 555. The van der Waals surface area contributed by atoms with E-state index in [1.165, 1.54) is 0 Å². The molecule has 0 amide bonds. The number of anilines is 1. The van der Waals surface area contributed by atoms with Crippen LogP contribution in [0.1, 0.15) is 11.6 Å². The van der Waals surface area contributed by atoms with E-state index in [2.05, 4.69) is 5.32 Å². The Kier molecular flexibility index (Phi) is 4.94. The van der Waals surface area contributed by atoms with Crippen LogP contribution in [-0.2, 0) is 0 Å². The predicted octanol–water partition coefficient (Wildman–Crippen LogP) is 4.76. The van der Waals surface area contributed by atoms with Gasteiger partial charge in [0.05, 0.1) is 16.8 Å². The van der Waals surface area contributed by atoms with Crippen molar-refractivity contribution < 1.29 is 0 Å². The lowest BCUT2D eigenvalue weighted by atomic mass is 10.1. The number of nitrogens with two attached hydrogens (primary N) is 1. The average Bonchev–Trinajstić information content (AvgIpc) is 2.39. The molecule has 0 radical (unpaired) electrons. The highest BCUT2D eigenvalue weighted by atomic mass is 35.5. The van der Waals surface area contributed by atoms with Crippen LogP contribution >= 0.6 is 34.8 Å². The zero-order valence-electron chi connectivity index (χ0n) is 10.0. The first-order chi connectivity index (χ1) is 9.10. The van der Waals surface area contributed by atoms with E-state index in [9.17, 15) is 0 Å². The molecule has 0 aromatic heterocycles. The Labute approximate surface area is 127 Å². The van der Waals surface area contributed by atoms with Crippen molar-refractivity contribution in [2.75, 3.05) is 11.9 Å². The van der Waals surface area contributed by atoms with E-state index in [1.807, 2.05) is 30.3 Å². The van der Waals surface area contributed by atoms with Gasteiger partial charge in [0, 0.05) is 16.6 Å². The minimum Gasteiger partial charge on any atom is -0.376 e. The molecule has 0 saturated heterocycles. The molecule has 5 heteroatoms. The van der Waals surface area contributed by atoms with E-state index >= 15 is 0 Å². The number of benzene rings is 2. The summed E-state index contributed by atoms with van der Waals surface area (Å²) in [5, 5.41) is 5.17. The van der Waals surface area contributed by atoms with Gasteiger partial charge in [-0.05, 0) is 35.9 Å². The number of hydrogen-bond donors (Lipinski definition) is 2. The van der Waals surface area contributed by atoms with Crippen molar-refractivity contribution in [2.24, 2.45) is 5.73 Å². The highest BCUT2D eigenvalue weighted by Crippen LogP contribution is 2.28. The first kappa shape index (κ1) is 14.5. The fraction of sp³-hybridized carbons (Fsp3) is 0.143.